The van der Waals surface area contributed by atoms with Gasteiger partial charge in [-0.1, -0.05) is 18.9 Å². The van der Waals surface area contributed by atoms with Crippen LogP contribution in [0.1, 0.15) is 25.7 Å². The summed E-state index contributed by atoms with van der Waals surface area (Å²) in [4.78, 5) is 3.07. The summed E-state index contributed by atoms with van der Waals surface area (Å²) in [7, 11) is 3.29. The SMILES string of the molecule is C=CCN(C)CCCCCCOc1ccc(NC(=S)N(C)c2c(F)c(F)cc(F)c2F)cc1. The van der Waals surface area contributed by atoms with E-state index < -0.39 is 29.0 Å². The van der Waals surface area contributed by atoms with E-state index in [9.17, 15) is 17.6 Å². The van der Waals surface area contributed by atoms with Crippen LogP contribution in [-0.2, 0) is 0 Å². The molecule has 0 amide bonds. The normalized spacial score (nSPS) is 10.9. The van der Waals surface area contributed by atoms with Gasteiger partial charge >= 0.3 is 0 Å². The molecule has 0 bridgehead atoms. The molecule has 0 spiro atoms. The molecule has 0 aliphatic rings. The van der Waals surface area contributed by atoms with Crippen molar-refractivity contribution >= 4 is 28.7 Å². The third-order valence-electron chi connectivity index (χ3n) is 4.98. The number of hydrogen-bond donors (Lipinski definition) is 1. The third-order valence-corrected chi connectivity index (χ3v) is 5.35. The van der Waals surface area contributed by atoms with E-state index >= 15 is 0 Å². The number of ether oxygens (including phenoxy) is 1. The first-order chi connectivity index (χ1) is 15.7. The summed E-state index contributed by atoms with van der Waals surface area (Å²) < 4.78 is 60.7. The molecule has 0 radical (unpaired) electrons. The molecule has 2 aromatic rings. The summed E-state index contributed by atoms with van der Waals surface area (Å²) >= 11 is 5.13. The highest BCUT2D eigenvalue weighted by Crippen LogP contribution is 2.28. The fourth-order valence-electron chi connectivity index (χ4n) is 3.14. The van der Waals surface area contributed by atoms with Gasteiger partial charge in [0.1, 0.15) is 11.4 Å². The average molecular weight is 484 g/mol. The Hall–Kier alpha value is -2.65. The van der Waals surface area contributed by atoms with Crippen LogP contribution in [0.2, 0.25) is 0 Å². The molecule has 2 aromatic carbocycles. The average Bonchev–Trinajstić information content (AvgIpc) is 2.78. The molecule has 0 saturated heterocycles. The number of thiocarbonyl (C=S) groups is 1. The van der Waals surface area contributed by atoms with E-state index in [1.54, 1.807) is 24.3 Å². The predicted molar refractivity (Wildman–Crippen MR) is 129 cm³/mol. The number of benzene rings is 2. The van der Waals surface area contributed by atoms with Crippen molar-refractivity contribution in [1.82, 2.24) is 4.90 Å². The maximum absolute atomic E-state index is 14.0. The molecule has 4 nitrogen and oxygen atoms in total. The summed E-state index contributed by atoms with van der Waals surface area (Å²) in [6.07, 6.45) is 6.19. The lowest BCUT2D eigenvalue weighted by Gasteiger charge is -2.22. The van der Waals surface area contributed by atoms with Gasteiger partial charge in [-0.3, -0.25) is 0 Å². The van der Waals surface area contributed by atoms with Crippen LogP contribution in [0, 0.1) is 23.3 Å². The third kappa shape index (κ3) is 8.01. The van der Waals surface area contributed by atoms with Crippen molar-refractivity contribution in [3.8, 4) is 5.75 Å². The zero-order chi connectivity index (χ0) is 24.4. The maximum Gasteiger partial charge on any atom is 0.185 e. The van der Waals surface area contributed by atoms with E-state index in [4.69, 9.17) is 17.0 Å². The van der Waals surface area contributed by atoms with Gasteiger partial charge < -0.3 is 19.9 Å². The van der Waals surface area contributed by atoms with Crippen molar-refractivity contribution in [2.24, 2.45) is 0 Å². The van der Waals surface area contributed by atoms with Crippen LogP contribution in [-0.4, -0.2) is 43.8 Å². The van der Waals surface area contributed by atoms with E-state index in [0.29, 0.717) is 18.0 Å². The highest BCUT2D eigenvalue weighted by Gasteiger charge is 2.24. The number of rotatable bonds is 12. The van der Waals surface area contributed by atoms with Gasteiger partial charge in [0.05, 0.1) is 6.61 Å². The molecule has 9 heteroatoms. The lowest BCUT2D eigenvalue weighted by Crippen LogP contribution is -2.32. The number of likely N-dealkylation sites (N-methyl/N-ethyl adjacent to an activating group) is 1. The number of nitrogens with one attached hydrogen (secondary N) is 1. The summed E-state index contributed by atoms with van der Waals surface area (Å²) in [5, 5.41) is 2.65. The Bertz CT molecular complexity index is 914. The second kappa shape index (κ2) is 13.2. The number of unbranched alkanes of at least 4 members (excludes halogenated alkanes) is 3. The minimum atomic E-state index is -1.52. The first-order valence-corrected chi connectivity index (χ1v) is 11.1. The van der Waals surface area contributed by atoms with Gasteiger partial charge in [-0.15, -0.1) is 6.58 Å². The highest BCUT2D eigenvalue weighted by molar-refractivity contribution is 7.80. The Morgan fingerprint density at radius 3 is 2.21 bits per heavy atom. The summed E-state index contributed by atoms with van der Waals surface area (Å²) in [5.74, 6) is -5.36. The van der Waals surface area contributed by atoms with Crippen LogP contribution in [0.5, 0.6) is 5.75 Å². The maximum atomic E-state index is 14.0. The highest BCUT2D eigenvalue weighted by atomic mass is 32.1. The fourth-order valence-corrected chi connectivity index (χ4v) is 3.35. The van der Waals surface area contributed by atoms with Crippen LogP contribution in [0.4, 0.5) is 28.9 Å². The molecule has 0 unspecified atom stereocenters. The molecule has 0 atom stereocenters. The van der Waals surface area contributed by atoms with Gasteiger partial charge in [-0.25, -0.2) is 17.6 Å². The van der Waals surface area contributed by atoms with E-state index in [-0.39, 0.29) is 11.2 Å². The Morgan fingerprint density at radius 1 is 1.00 bits per heavy atom. The Morgan fingerprint density at radius 2 is 1.61 bits per heavy atom. The predicted octanol–water partition coefficient (Wildman–Crippen LogP) is 6.13. The smallest absolute Gasteiger partial charge is 0.185 e. The minimum Gasteiger partial charge on any atom is -0.494 e. The van der Waals surface area contributed by atoms with Gasteiger partial charge in [0, 0.05) is 25.3 Å². The molecular weight excluding hydrogens is 454 g/mol. The fraction of sp³-hybridized carbons (Fsp3) is 0.375. The Balaban J connectivity index is 1.79. The standard InChI is InChI=1S/C24H29F4N3OS/c1-4-13-30(2)14-7-5-6-8-15-32-18-11-9-17(10-12-18)29-24(33)31(3)23-21(27)19(25)16-20(26)22(23)28/h4,9-12,16H,1,5-8,13-15H2,2-3H3,(H,29,33). The monoisotopic (exact) mass is 483 g/mol. The van der Waals surface area contributed by atoms with Crippen molar-refractivity contribution in [2.45, 2.75) is 25.7 Å². The lowest BCUT2D eigenvalue weighted by molar-refractivity contribution is 0.300. The molecule has 2 rings (SSSR count). The van der Waals surface area contributed by atoms with Crippen LogP contribution in [0.25, 0.3) is 0 Å². The van der Waals surface area contributed by atoms with Crippen molar-refractivity contribution in [3.05, 3.63) is 66.3 Å². The topological polar surface area (TPSA) is 27.7 Å². The van der Waals surface area contributed by atoms with Gasteiger partial charge in [0.25, 0.3) is 0 Å². The quantitative estimate of drug-likeness (QED) is 0.129. The van der Waals surface area contributed by atoms with E-state index in [0.717, 1.165) is 43.7 Å². The number of anilines is 2. The molecule has 0 aromatic heterocycles. The Kier molecular flexibility index (Phi) is 10.6. The molecule has 0 aliphatic carbocycles. The van der Waals surface area contributed by atoms with Crippen molar-refractivity contribution in [1.29, 1.82) is 0 Å². The first-order valence-electron chi connectivity index (χ1n) is 10.6. The second-order valence-corrected chi connectivity index (χ2v) is 8.03. The van der Waals surface area contributed by atoms with Crippen LogP contribution in [0.15, 0.2) is 43.0 Å². The molecule has 180 valence electrons. The molecule has 33 heavy (non-hydrogen) atoms. The molecular formula is C24H29F4N3OS. The number of halogens is 4. The first kappa shape index (κ1) is 26.6. The lowest BCUT2D eigenvalue weighted by atomic mass is 10.2. The molecule has 0 saturated carbocycles. The summed E-state index contributed by atoms with van der Waals surface area (Å²) in [5.41, 5.74) is -0.377. The van der Waals surface area contributed by atoms with E-state index in [1.807, 2.05) is 6.08 Å². The molecule has 0 fully saturated rings. The zero-order valence-corrected chi connectivity index (χ0v) is 19.7. The van der Waals surface area contributed by atoms with Crippen molar-refractivity contribution in [2.75, 3.05) is 44.0 Å². The van der Waals surface area contributed by atoms with Gasteiger partial charge in [0.15, 0.2) is 28.4 Å². The number of hydrogen-bond acceptors (Lipinski definition) is 3. The Labute approximate surface area is 197 Å². The van der Waals surface area contributed by atoms with Gasteiger partial charge in [-0.05, 0) is 62.9 Å². The molecule has 0 heterocycles. The largest absolute Gasteiger partial charge is 0.494 e. The summed E-state index contributed by atoms with van der Waals surface area (Å²) in [6, 6.07) is 6.99. The molecule has 0 aliphatic heterocycles. The second-order valence-electron chi connectivity index (χ2n) is 7.64. The van der Waals surface area contributed by atoms with Crippen LogP contribution < -0.4 is 15.0 Å². The molecule has 1 N–H and O–H groups in total. The van der Waals surface area contributed by atoms with Crippen LogP contribution >= 0.6 is 12.2 Å². The minimum absolute atomic E-state index is 0.134. The van der Waals surface area contributed by atoms with E-state index in [1.165, 1.54) is 7.05 Å². The number of nitrogens with zero attached hydrogens (tertiary/aromatic N) is 2. The van der Waals surface area contributed by atoms with Crippen LogP contribution in [0.3, 0.4) is 0 Å². The van der Waals surface area contributed by atoms with E-state index in [2.05, 4.69) is 23.8 Å². The van der Waals surface area contributed by atoms with Crippen molar-refractivity contribution < 1.29 is 22.3 Å². The van der Waals surface area contributed by atoms with Gasteiger partial charge in [-0.2, -0.15) is 0 Å². The van der Waals surface area contributed by atoms with Crippen molar-refractivity contribution in [3.63, 3.8) is 0 Å². The van der Waals surface area contributed by atoms with Gasteiger partial charge in [0.2, 0.25) is 0 Å². The zero-order valence-electron chi connectivity index (χ0n) is 18.8. The summed E-state index contributed by atoms with van der Waals surface area (Å²) in [6.45, 7) is 6.27.